The van der Waals surface area contributed by atoms with Gasteiger partial charge in [0.25, 0.3) is 0 Å². The van der Waals surface area contributed by atoms with E-state index in [9.17, 15) is 0 Å². The number of para-hydroxylation sites is 1. The Morgan fingerprint density at radius 1 is 0.339 bits per heavy atom. The smallest absolute Gasteiger partial charge is 0.0540 e. The number of fused-ring (bicyclic) bond motifs is 4. The zero-order chi connectivity index (χ0) is 37.6. The summed E-state index contributed by atoms with van der Waals surface area (Å²) in [5, 5.41) is 2.48. The first-order valence-corrected chi connectivity index (χ1v) is 19.5. The van der Waals surface area contributed by atoms with E-state index in [0.29, 0.717) is 0 Å². The Balaban J connectivity index is 1.20. The first kappa shape index (κ1) is 33.6. The molecule has 0 aliphatic heterocycles. The zero-order valence-electron chi connectivity index (χ0n) is 31.7. The number of rotatable bonds is 7. The molecule has 10 rings (SSSR count). The van der Waals surface area contributed by atoms with Gasteiger partial charge in [0.2, 0.25) is 0 Å². The van der Waals surface area contributed by atoms with Gasteiger partial charge in [-0.15, -0.1) is 0 Å². The molecule has 1 aliphatic rings. The Labute approximate surface area is 329 Å². The van der Waals surface area contributed by atoms with Crippen molar-refractivity contribution in [2.24, 2.45) is 0 Å². The largest absolute Gasteiger partial charge is 0.310 e. The van der Waals surface area contributed by atoms with E-state index in [1.54, 1.807) is 0 Å². The average Bonchev–Trinajstić information content (AvgIpc) is 3.50. The molecule has 56 heavy (non-hydrogen) atoms. The standard InChI is InChI=1S/C55H41N/c1-55(2)50-27-16-26-46(40-19-8-4-9-20-40)54(50)49-36-34-44(37-51(49)55)56(43-32-29-39(30-33-43)38-17-6-3-7-18-38)52-28-15-14-25-47(52)48-35-31-41-21-12-13-24-45(41)53(48)42-22-10-5-11-23-42/h3-37H,1-2H3. The monoisotopic (exact) mass is 715 g/mol. The molecule has 0 saturated carbocycles. The van der Waals surface area contributed by atoms with E-state index in [4.69, 9.17) is 0 Å². The van der Waals surface area contributed by atoms with Gasteiger partial charge in [-0.3, -0.25) is 0 Å². The van der Waals surface area contributed by atoms with E-state index in [1.807, 2.05) is 0 Å². The van der Waals surface area contributed by atoms with E-state index < -0.39 is 0 Å². The molecule has 1 nitrogen and oxygen atoms in total. The van der Waals surface area contributed by atoms with Crippen LogP contribution in [-0.2, 0) is 5.41 Å². The highest BCUT2D eigenvalue weighted by molar-refractivity contribution is 6.06. The van der Waals surface area contributed by atoms with Gasteiger partial charge in [-0.2, -0.15) is 0 Å². The van der Waals surface area contributed by atoms with Crippen LogP contribution in [0.4, 0.5) is 17.1 Å². The van der Waals surface area contributed by atoms with Gasteiger partial charge >= 0.3 is 0 Å². The molecular formula is C55H41N. The third kappa shape index (κ3) is 5.63. The lowest BCUT2D eigenvalue weighted by molar-refractivity contribution is 0.660. The SMILES string of the molecule is CC1(C)c2cc(N(c3ccc(-c4ccccc4)cc3)c3ccccc3-c3ccc4ccccc4c3-c3ccccc3)ccc2-c2c(-c3ccccc3)cccc21. The lowest BCUT2D eigenvalue weighted by Gasteiger charge is -2.30. The van der Waals surface area contributed by atoms with Crippen LogP contribution in [0.1, 0.15) is 25.0 Å². The summed E-state index contributed by atoms with van der Waals surface area (Å²) in [6.07, 6.45) is 0. The minimum atomic E-state index is -0.188. The normalized spacial score (nSPS) is 12.6. The van der Waals surface area contributed by atoms with Gasteiger partial charge in [0.1, 0.15) is 0 Å². The van der Waals surface area contributed by atoms with Gasteiger partial charge in [0, 0.05) is 22.4 Å². The minimum absolute atomic E-state index is 0.188. The van der Waals surface area contributed by atoms with Crippen LogP contribution in [0.5, 0.6) is 0 Å². The van der Waals surface area contributed by atoms with Crippen molar-refractivity contribution in [2.75, 3.05) is 4.90 Å². The molecule has 0 heterocycles. The highest BCUT2D eigenvalue weighted by Gasteiger charge is 2.37. The lowest BCUT2D eigenvalue weighted by Crippen LogP contribution is -2.17. The van der Waals surface area contributed by atoms with Crippen LogP contribution in [0, 0.1) is 0 Å². The summed E-state index contributed by atoms with van der Waals surface area (Å²) < 4.78 is 0. The fraction of sp³-hybridized carbons (Fsp3) is 0.0545. The Hall–Kier alpha value is -6.96. The third-order valence-electron chi connectivity index (χ3n) is 11.7. The molecule has 0 radical (unpaired) electrons. The highest BCUT2D eigenvalue weighted by atomic mass is 15.1. The molecule has 0 spiro atoms. The molecule has 1 heteroatoms. The maximum absolute atomic E-state index is 2.46. The van der Waals surface area contributed by atoms with Crippen molar-refractivity contribution in [1.82, 2.24) is 0 Å². The van der Waals surface area contributed by atoms with Crippen LogP contribution in [0.2, 0.25) is 0 Å². The molecular weight excluding hydrogens is 675 g/mol. The Kier molecular flexibility index (Phi) is 8.23. The maximum atomic E-state index is 2.46. The second-order valence-electron chi connectivity index (χ2n) is 15.3. The van der Waals surface area contributed by atoms with Crippen molar-refractivity contribution < 1.29 is 0 Å². The molecule has 266 valence electrons. The van der Waals surface area contributed by atoms with Crippen LogP contribution in [-0.4, -0.2) is 0 Å². The minimum Gasteiger partial charge on any atom is -0.310 e. The van der Waals surface area contributed by atoms with Crippen molar-refractivity contribution in [3.63, 3.8) is 0 Å². The molecule has 0 N–H and O–H groups in total. The van der Waals surface area contributed by atoms with E-state index >= 15 is 0 Å². The van der Waals surface area contributed by atoms with Gasteiger partial charge in [-0.05, 0) is 102 Å². The fourth-order valence-electron chi connectivity index (χ4n) is 8.94. The molecule has 0 fully saturated rings. The number of anilines is 3. The quantitative estimate of drug-likeness (QED) is 0.159. The predicted octanol–water partition coefficient (Wildman–Crippen LogP) is 15.3. The molecule has 1 aliphatic carbocycles. The van der Waals surface area contributed by atoms with Crippen molar-refractivity contribution in [1.29, 1.82) is 0 Å². The second kappa shape index (κ2) is 13.7. The summed E-state index contributed by atoms with van der Waals surface area (Å²) in [6.45, 7) is 4.76. The van der Waals surface area contributed by atoms with E-state index in [-0.39, 0.29) is 5.41 Å². The lowest BCUT2D eigenvalue weighted by atomic mass is 9.81. The van der Waals surface area contributed by atoms with Gasteiger partial charge in [0.05, 0.1) is 5.69 Å². The Morgan fingerprint density at radius 2 is 0.911 bits per heavy atom. The fourth-order valence-corrected chi connectivity index (χ4v) is 8.94. The van der Waals surface area contributed by atoms with Crippen molar-refractivity contribution in [3.05, 3.63) is 223 Å². The summed E-state index contributed by atoms with van der Waals surface area (Å²) in [5.74, 6) is 0. The van der Waals surface area contributed by atoms with Crippen LogP contribution in [0.25, 0.3) is 66.4 Å². The highest BCUT2D eigenvalue weighted by Crippen LogP contribution is 2.54. The third-order valence-corrected chi connectivity index (χ3v) is 11.7. The number of benzene rings is 9. The van der Waals surface area contributed by atoms with Crippen LogP contribution < -0.4 is 4.90 Å². The summed E-state index contributed by atoms with van der Waals surface area (Å²) in [6, 6.07) is 77.6. The summed E-state index contributed by atoms with van der Waals surface area (Å²) >= 11 is 0. The van der Waals surface area contributed by atoms with Gasteiger partial charge in [0.15, 0.2) is 0 Å². The Bertz CT molecular complexity index is 2850. The van der Waals surface area contributed by atoms with Crippen LogP contribution in [0.15, 0.2) is 212 Å². The van der Waals surface area contributed by atoms with Crippen LogP contribution in [0.3, 0.4) is 0 Å². The van der Waals surface area contributed by atoms with E-state index in [1.165, 1.54) is 77.5 Å². The molecule has 0 atom stereocenters. The van der Waals surface area contributed by atoms with E-state index in [2.05, 4.69) is 231 Å². The van der Waals surface area contributed by atoms with Crippen molar-refractivity contribution in [3.8, 4) is 55.6 Å². The molecule has 9 aromatic carbocycles. The van der Waals surface area contributed by atoms with Crippen molar-refractivity contribution in [2.45, 2.75) is 19.3 Å². The zero-order valence-corrected chi connectivity index (χ0v) is 31.7. The average molecular weight is 716 g/mol. The van der Waals surface area contributed by atoms with Crippen LogP contribution >= 0.6 is 0 Å². The van der Waals surface area contributed by atoms with Gasteiger partial charge in [-0.1, -0.05) is 196 Å². The molecule has 9 aromatic rings. The first-order chi connectivity index (χ1) is 27.6. The van der Waals surface area contributed by atoms with Gasteiger partial charge < -0.3 is 4.90 Å². The Morgan fingerprint density at radius 3 is 1.66 bits per heavy atom. The van der Waals surface area contributed by atoms with Crippen molar-refractivity contribution >= 4 is 27.8 Å². The topological polar surface area (TPSA) is 3.24 Å². The predicted molar refractivity (Wildman–Crippen MR) is 238 cm³/mol. The molecule has 0 aromatic heterocycles. The molecule has 0 unspecified atom stereocenters. The molecule has 0 amide bonds. The first-order valence-electron chi connectivity index (χ1n) is 19.5. The maximum Gasteiger partial charge on any atom is 0.0540 e. The van der Waals surface area contributed by atoms with E-state index in [0.717, 1.165) is 17.1 Å². The summed E-state index contributed by atoms with van der Waals surface area (Å²) in [4.78, 5) is 2.46. The number of nitrogens with zero attached hydrogens (tertiary/aromatic N) is 1. The molecule has 0 saturated heterocycles. The summed E-state index contributed by atoms with van der Waals surface area (Å²) in [7, 11) is 0. The second-order valence-corrected chi connectivity index (χ2v) is 15.3. The molecule has 0 bridgehead atoms. The number of hydrogen-bond donors (Lipinski definition) is 0. The van der Waals surface area contributed by atoms with Gasteiger partial charge in [-0.25, -0.2) is 0 Å². The number of hydrogen-bond acceptors (Lipinski definition) is 1. The summed E-state index contributed by atoms with van der Waals surface area (Å²) in [5.41, 5.74) is 18.3.